The van der Waals surface area contributed by atoms with Crippen molar-refractivity contribution in [2.45, 2.75) is 71.8 Å². The molecule has 1 saturated heterocycles. The van der Waals surface area contributed by atoms with Crippen LogP contribution in [0.2, 0.25) is 0 Å². The smallest absolute Gasteiger partial charge is 0.328 e. The summed E-state index contributed by atoms with van der Waals surface area (Å²) in [6.07, 6.45) is 7.13. The maximum absolute atomic E-state index is 13.0. The minimum absolute atomic E-state index is 0.0476. The second kappa shape index (κ2) is 6.80. The molecule has 1 amide bonds. The second-order valence-electron chi connectivity index (χ2n) is 7.08. The number of esters is 1. The van der Waals surface area contributed by atoms with Gasteiger partial charge in [0.15, 0.2) is 0 Å². The molecule has 21 heavy (non-hydrogen) atoms. The Kier molecular flexibility index (Phi) is 5.28. The van der Waals surface area contributed by atoms with E-state index in [2.05, 4.69) is 13.8 Å². The van der Waals surface area contributed by atoms with Gasteiger partial charge in [-0.25, -0.2) is 4.79 Å². The average Bonchev–Trinajstić information content (AvgIpc) is 2.46. The lowest BCUT2D eigenvalue weighted by atomic mass is 9.68. The van der Waals surface area contributed by atoms with E-state index in [0.29, 0.717) is 13.2 Å². The highest BCUT2D eigenvalue weighted by Crippen LogP contribution is 2.42. The second-order valence-corrected chi connectivity index (χ2v) is 7.08. The fraction of sp³-hybridized carbons (Fsp3) is 0.882. The summed E-state index contributed by atoms with van der Waals surface area (Å²) in [6, 6.07) is -0.357. The molecule has 1 aliphatic heterocycles. The first-order valence-electron chi connectivity index (χ1n) is 8.44. The van der Waals surface area contributed by atoms with Crippen LogP contribution in [0, 0.1) is 11.3 Å². The van der Waals surface area contributed by atoms with Gasteiger partial charge in [-0.1, -0.05) is 26.7 Å². The summed E-state index contributed by atoms with van der Waals surface area (Å²) in [5, 5.41) is 0. The number of carbonyl (C=O) groups excluding carboxylic acids is 2. The number of amides is 1. The Morgan fingerprint density at radius 1 is 1.14 bits per heavy atom. The molecule has 1 aliphatic carbocycles. The minimum Gasteiger partial charge on any atom is -0.464 e. The highest BCUT2D eigenvalue weighted by molar-refractivity contribution is 5.86. The molecular weight excluding hydrogens is 266 g/mol. The standard InChI is InChI=1S/C17H29NO3/c1-4-21-16(20)14-10-6-8-12-18(14)15(19)13-9-5-7-11-17(13,2)3/h13-14H,4-12H2,1-3H3. The van der Waals surface area contributed by atoms with Crippen molar-refractivity contribution < 1.29 is 14.3 Å². The molecule has 2 unspecified atom stereocenters. The molecule has 0 aromatic carbocycles. The van der Waals surface area contributed by atoms with Crippen LogP contribution in [0.5, 0.6) is 0 Å². The fourth-order valence-corrected chi connectivity index (χ4v) is 3.83. The third-order valence-electron chi connectivity index (χ3n) is 5.15. The van der Waals surface area contributed by atoms with Crippen molar-refractivity contribution in [2.75, 3.05) is 13.2 Å². The molecule has 120 valence electrons. The first kappa shape index (κ1) is 16.3. The molecule has 1 saturated carbocycles. The van der Waals surface area contributed by atoms with Gasteiger partial charge < -0.3 is 9.64 Å². The van der Waals surface area contributed by atoms with Gasteiger partial charge in [0.2, 0.25) is 5.91 Å². The van der Waals surface area contributed by atoms with Crippen LogP contribution in [0.4, 0.5) is 0 Å². The van der Waals surface area contributed by atoms with E-state index in [1.807, 2.05) is 11.8 Å². The van der Waals surface area contributed by atoms with Gasteiger partial charge in [0, 0.05) is 12.5 Å². The maximum atomic E-state index is 13.0. The van der Waals surface area contributed by atoms with Crippen LogP contribution in [0.1, 0.15) is 65.7 Å². The van der Waals surface area contributed by atoms with Crippen molar-refractivity contribution in [1.82, 2.24) is 4.90 Å². The van der Waals surface area contributed by atoms with Crippen LogP contribution in [0.3, 0.4) is 0 Å². The molecule has 0 radical (unpaired) electrons. The highest BCUT2D eigenvalue weighted by Gasteiger charge is 2.42. The highest BCUT2D eigenvalue weighted by atomic mass is 16.5. The predicted molar refractivity (Wildman–Crippen MR) is 81.7 cm³/mol. The summed E-state index contributed by atoms with van der Waals surface area (Å²) in [6.45, 7) is 7.29. The Morgan fingerprint density at radius 3 is 2.52 bits per heavy atom. The molecule has 0 aromatic rings. The molecule has 2 rings (SSSR count). The first-order valence-corrected chi connectivity index (χ1v) is 8.44. The Bertz CT molecular complexity index is 391. The quantitative estimate of drug-likeness (QED) is 0.751. The molecule has 0 N–H and O–H groups in total. The number of rotatable bonds is 3. The van der Waals surface area contributed by atoms with Crippen LogP contribution in [-0.2, 0) is 14.3 Å². The SMILES string of the molecule is CCOC(=O)C1CCCCN1C(=O)C1CCCCC1(C)C. The van der Waals surface area contributed by atoms with E-state index in [9.17, 15) is 9.59 Å². The lowest BCUT2D eigenvalue weighted by molar-refractivity contribution is -0.160. The zero-order valence-corrected chi connectivity index (χ0v) is 13.7. The Morgan fingerprint density at radius 2 is 1.86 bits per heavy atom. The molecule has 0 bridgehead atoms. The molecule has 1 heterocycles. The van der Waals surface area contributed by atoms with E-state index < -0.39 is 0 Å². The van der Waals surface area contributed by atoms with Crippen LogP contribution in [-0.4, -0.2) is 36.0 Å². The van der Waals surface area contributed by atoms with Gasteiger partial charge >= 0.3 is 5.97 Å². The normalized spacial score (nSPS) is 29.0. The van der Waals surface area contributed by atoms with E-state index in [1.54, 1.807) is 0 Å². The lowest BCUT2D eigenvalue weighted by Crippen LogP contribution is -2.53. The molecule has 0 spiro atoms. The Labute approximate surface area is 128 Å². The molecule has 2 aliphatic rings. The number of ether oxygens (including phenoxy) is 1. The molecule has 2 atom stereocenters. The van der Waals surface area contributed by atoms with E-state index in [1.165, 1.54) is 6.42 Å². The summed E-state index contributed by atoms with van der Waals surface area (Å²) in [4.78, 5) is 27.0. The van der Waals surface area contributed by atoms with Crippen molar-refractivity contribution in [1.29, 1.82) is 0 Å². The zero-order valence-electron chi connectivity index (χ0n) is 13.7. The van der Waals surface area contributed by atoms with E-state index in [-0.39, 0.29) is 29.3 Å². The van der Waals surface area contributed by atoms with E-state index >= 15 is 0 Å². The van der Waals surface area contributed by atoms with E-state index in [4.69, 9.17) is 4.74 Å². The third-order valence-corrected chi connectivity index (χ3v) is 5.15. The third kappa shape index (κ3) is 3.58. The predicted octanol–water partition coefficient (Wildman–Crippen LogP) is 3.15. The van der Waals surface area contributed by atoms with Gasteiger partial charge in [-0.15, -0.1) is 0 Å². The van der Waals surface area contributed by atoms with Gasteiger partial charge in [-0.05, 0) is 44.4 Å². The van der Waals surface area contributed by atoms with Crippen LogP contribution < -0.4 is 0 Å². The Balaban J connectivity index is 2.12. The molecule has 0 aromatic heterocycles. The lowest BCUT2D eigenvalue weighted by Gasteiger charge is -2.43. The van der Waals surface area contributed by atoms with Crippen LogP contribution >= 0.6 is 0 Å². The summed E-state index contributed by atoms with van der Waals surface area (Å²) in [7, 11) is 0. The van der Waals surface area contributed by atoms with Crippen LogP contribution in [0.15, 0.2) is 0 Å². The zero-order chi connectivity index (χ0) is 15.5. The molecule has 4 nitrogen and oxygen atoms in total. The van der Waals surface area contributed by atoms with Crippen molar-refractivity contribution in [2.24, 2.45) is 11.3 Å². The number of carbonyl (C=O) groups is 2. The number of hydrogen-bond acceptors (Lipinski definition) is 3. The van der Waals surface area contributed by atoms with Gasteiger partial charge in [0.25, 0.3) is 0 Å². The molecule has 2 fully saturated rings. The molecule has 4 heteroatoms. The van der Waals surface area contributed by atoms with Crippen molar-refractivity contribution >= 4 is 11.9 Å². The monoisotopic (exact) mass is 295 g/mol. The average molecular weight is 295 g/mol. The topological polar surface area (TPSA) is 46.6 Å². The van der Waals surface area contributed by atoms with Crippen molar-refractivity contribution in [3.63, 3.8) is 0 Å². The van der Waals surface area contributed by atoms with Gasteiger partial charge in [-0.3, -0.25) is 4.79 Å². The number of piperidine rings is 1. The van der Waals surface area contributed by atoms with Gasteiger partial charge in [0.1, 0.15) is 6.04 Å². The number of hydrogen-bond donors (Lipinski definition) is 0. The summed E-state index contributed by atoms with van der Waals surface area (Å²) in [5.41, 5.74) is 0.0476. The maximum Gasteiger partial charge on any atom is 0.328 e. The number of likely N-dealkylation sites (tertiary alicyclic amines) is 1. The first-order chi connectivity index (χ1) is 9.97. The molecular formula is C17H29NO3. The van der Waals surface area contributed by atoms with Crippen molar-refractivity contribution in [3.8, 4) is 0 Å². The Hall–Kier alpha value is -1.06. The summed E-state index contributed by atoms with van der Waals surface area (Å²) >= 11 is 0. The summed E-state index contributed by atoms with van der Waals surface area (Å²) in [5.74, 6) is 0.0119. The fourth-order valence-electron chi connectivity index (χ4n) is 3.83. The van der Waals surface area contributed by atoms with E-state index in [0.717, 1.165) is 38.5 Å². The summed E-state index contributed by atoms with van der Waals surface area (Å²) < 4.78 is 5.17. The largest absolute Gasteiger partial charge is 0.464 e. The van der Waals surface area contributed by atoms with Gasteiger partial charge in [0.05, 0.1) is 6.61 Å². The number of nitrogens with zero attached hydrogens (tertiary/aromatic N) is 1. The van der Waals surface area contributed by atoms with Crippen LogP contribution in [0.25, 0.3) is 0 Å². The van der Waals surface area contributed by atoms with Crippen molar-refractivity contribution in [3.05, 3.63) is 0 Å². The minimum atomic E-state index is -0.357. The van der Waals surface area contributed by atoms with Gasteiger partial charge in [-0.2, -0.15) is 0 Å².